The smallest absolute Gasteiger partial charge is 0.346 e. The van der Waals surface area contributed by atoms with Gasteiger partial charge in [0.05, 0.1) is 11.4 Å². The van der Waals surface area contributed by atoms with Gasteiger partial charge in [0, 0.05) is 5.69 Å². The molecule has 3 aromatic rings. The number of benzene rings is 3. The van der Waals surface area contributed by atoms with E-state index in [2.05, 4.69) is 4.90 Å². The summed E-state index contributed by atoms with van der Waals surface area (Å²) in [5.74, 6) is 0.285. The van der Waals surface area contributed by atoms with Gasteiger partial charge in [0.1, 0.15) is 11.6 Å². The molecule has 4 rings (SSSR count). The number of hydrogen-bond acceptors (Lipinski definition) is 4. The highest BCUT2D eigenvalue weighted by Crippen LogP contribution is 2.49. The van der Waals surface area contributed by atoms with E-state index < -0.39 is 5.97 Å². The second-order valence-corrected chi connectivity index (χ2v) is 5.94. The number of aliphatic carboxylic acids is 1. The molecule has 0 radical (unpaired) electrons. The Morgan fingerprint density at radius 3 is 2.00 bits per heavy atom. The highest BCUT2D eigenvalue weighted by atomic mass is 16.5. The molecule has 0 amide bonds. The molecule has 130 valence electrons. The van der Waals surface area contributed by atoms with Crippen LogP contribution < -0.4 is 9.64 Å². The van der Waals surface area contributed by atoms with Gasteiger partial charge in [0.15, 0.2) is 11.5 Å². The van der Waals surface area contributed by atoms with Crippen LogP contribution >= 0.6 is 0 Å². The molecule has 1 heterocycles. The molecule has 0 bridgehead atoms. The zero-order valence-electron chi connectivity index (χ0n) is 14.2. The Kier molecular flexibility index (Phi) is 4.07. The number of rotatable bonds is 3. The Labute approximate surface area is 156 Å². The van der Waals surface area contributed by atoms with Crippen LogP contribution in [0.25, 0.3) is 6.08 Å². The number of nitrogens with zero attached hydrogens (tertiary/aromatic N) is 2. The second-order valence-electron chi connectivity index (χ2n) is 5.94. The minimum Gasteiger partial charge on any atom is -0.477 e. The molecule has 0 saturated heterocycles. The molecular weight excluding hydrogens is 340 g/mol. The number of hydrogen-bond donors (Lipinski definition) is 1. The van der Waals surface area contributed by atoms with E-state index in [4.69, 9.17) is 15.1 Å². The van der Waals surface area contributed by atoms with Gasteiger partial charge in [-0.05, 0) is 48.0 Å². The van der Waals surface area contributed by atoms with E-state index in [0.717, 1.165) is 28.6 Å². The van der Waals surface area contributed by atoms with Crippen LogP contribution in [0.5, 0.6) is 11.5 Å². The van der Waals surface area contributed by atoms with Crippen molar-refractivity contribution in [1.82, 2.24) is 0 Å². The van der Waals surface area contributed by atoms with Crippen molar-refractivity contribution >= 4 is 29.1 Å². The lowest BCUT2D eigenvalue weighted by Crippen LogP contribution is -2.15. The molecule has 1 aliphatic rings. The lowest BCUT2D eigenvalue weighted by Gasteiger charge is -2.32. The molecule has 0 atom stereocenters. The highest BCUT2D eigenvalue weighted by molar-refractivity contribution is 5.96. The van der Waals surface area contributed by atoms with E-state index in [1.807, 2.05) is 60.7 Å². The summed E-state index contributed by atoms with van der Waals surface area (Å²) in [6.07, 6.45) is 1.35. The van der Waals surface area contributed by atoms with Crippen LogP contribution in [0.3, 0.4) is 0 Å². The zero-order chi connectivity index (χ0) is 18.8. The molecule has 0 fully saturated rings. The molecule has 0 aromatic heterocycles. The molecule has 0 spiro atoms. The maximum absolute atomic E-state index is 11.0. The molecule has 27 heavy (non-hydrogen) atoms. The average molecular weight is 354 g/mol. The van der Waals surface area contributed by atoms with Gasteiger partial charge >= 0.3 is 5.97 Å². The van der Waals surface area contributed by atoms with Crippen molar-refractivity contribution in [2.45, 2.75) is 0 Å². The summed E-state index contributed by atoms with van der Waals surface area (Å²) >= 11 is 0. The Hall–Kier alpha value is -4.04. The lowest BCUT2D eigenvalue weighted by molar-refractivity contribution is -0.132. The van der Waals surface area contributed by atoms with Crippen molar-refractivity contribution in [3.05, 3.63) is 83.9 Å². The number of carboxylic acid groups (broad SMARTS) is 1. The number of anilines is 3. The number of ether oxygens (including phenoxy) is 1. The van der Waals surface area contributed by atoms with Crippen LogP contribution in [0.1, 0.15) is 5.56 Å². The number of nitriles is 1. The first-order valence-corrected chi connectivity index (χ1v) is 8.28. The molecular formula is C22H14N2O3. The number of fused-ring (bicyclic) bond motifs is 2. The minimum atomic E-state index is -1.24. The fourth-order valence-corrected chi connectivity index (χ4v) is 3.01. The maximum atomic E-state index is 11.0. The van der Waals surface area contributed by atoms with Crippen LogP contribution in [0.2, 0.25) is 0 Å². The number of para-hydroxylation sites is 4. The Morgan fingerprint density at radius 1 is 0.926 bits per heavy atom. The highest BCUT2D eigenvalue weighted by Gasteiger charge is 2.24. The molecule has 0 saturated carbocycles. The average Bonchev–Trinajstić information content (AvgIpc) is 2.70. The van der Waals surface area contributed by atoms with Gasteiger partial charge in [-0.2, -0.15) is 5.26 Å². The van der Waals surface area contributed by atoms with Crippen molar-refractivity contribution in [3.63, 3.8) is 0 Å². The molecule has 0 unspecified atom stereocenters. The first-order valence-electron chi connectivity index (χ1n) is 8.28. The van der Waals surface area contributed by atoms with Gasteiger partial charge in [-0.25, -0.2) is 4.79 Å². The van der Waals surface area contributed by atoms with Crippen molar-refractivity contribution in [2.75, 3.05) is 4.90 Å². The molecule has 3 aromatic carbocycles. The first-order chi connectivity index (χ1) is 13.2. The van der Waals surface area contributed by atoms with Gasteiger partial charge in [-0.15, -0.1) is 0 Å². The van der Waals surface area contributed by atoms with E-state index in [1.165, 1.54) is 6.08 Å². The van der Waals surface area contributed by atoms with E-state index in [1.54, 1.807) is 18.2 Å². The van der Waals surface area contributed by atoms with E-state index >= 15 is 0 Å². The Morgan fingerprint density at radius 2 is 1.48 bits per heavy atom. The minimum absolute atomic E-state index is 0.301. The standard InChI is InChI=1S/C22H14N2O3/c23-14-16(22(25)26)13-15-9-11-17(12-10-15)24-18-5-1-3-7-20(18)27-21-8-4-2-6-19(21)24/h1-13H,(H,25,26)/b16-13+. The zero-order valence-corrected chi connectivity index (χ0v) is 14.2. The molecule has 1 N–H and O–H groups in total. The summed E-state index contributed by atoms with van der Waals surface area (Å²) in [4.78, 5) is 13.1. The normalized spacial score (nSPS) is 12.4. The fraction of sp³-hybridized carbons (Fsp3) is 0. The summed E-state index contributed by atoms with van der Waals surface area (Å²) in [7, 11) is 0. The SMILES string of the molecule is N#C/C(=C\c1ccc(N2c3ccccc3Oc3ccccc32)cc1)C(=O)O. The van der Waals surface area contributed by atoms with Crippen LogP contribution in [-0.4, -0.2) is 11.1 Å². The van der Waals surface area contributed by atoms with Crippen LogP contribution in [0.4, 0.5) is 17.1 Å². The third-order valence-corrected chi connectivity index (χ3v) is 4.25. The van der Waals surface area contributed by atoms with Gasteiger partial charge in [-0.3, -0.25) is 0 Å². The van der Waals surface area contributed by atoms with E-state index in [0.29, 0.717) is 5.56 Å². The van der Waals surface area contributed by atoms with Crippen molar-refractivity contribution < 1.29 is 14.6 Å². The summed E-state index contributed by atoms with van der Waals surface area (Å²) in [6, 6.07) is 24.6. The van der Waals surface area contributed by atoms with Crippen molar-refractivity contribution in [1.29, 1.82) is 5.26 Å². The maximum Gasteiger partial charge on any atom is 0.346 e. The molecule has 5 heteroatoms. The third-order valence-electron chi connectivity index (χ3n) is 4.25. The Balaban J connectivity index is 1.78. The van der Waals surface area contributed by atoms with Gasteiger partial charge in [0.25, 0.3) is 0 Å². The first kappa shape index (κ1) is 16.4. The van der Waals surface area contributed by atoms with Crippen LogP contribution in [0.15, 0.2) is 78.4 Å². The monoisotopic (exact) mass is 354 g/mol. The quantitative estimate of drug-likeness (QED) is 0.401. The third kappa shape index (κ3) is 3.00. The Bertz CT molecular complexity index is 1050. The number of carbonyl (C=O) groups is 1. The topological polar surface area (TPSA) is 73.6 Å². The lowest BCUT2D eigenvalue weighted by atomic mass is 10.1. The molecule has 1 aliphatic heterocycles. The fourth-order valence-electron chi connectivity index (χ4n) is 3.01. The molecule has 5 nitrogen and oxygen atoms in total. The largest absolute Gasteiger partial charge is 0.477 e. The van der Waals surface area contributed by atoms with E-state index in [-0.39, 0.29) is 5.57 Å². The summed E-state index contributed by atoms with van der Waals surface area (Å²) in [5, 5.41) is 17.9. The summed E-state index contributed by atoms with van der Waals surface area (Å²) in [6.45, 7) is 0. The van der Waals surface area contributed by atoms with Crippen molar-refractivity contribution in [2.24, 2.45) is 0 Å². The van der Waals surface area contributed by atoms with E-state index in [9.17, 15) is 4.79 Å². The summed E-state index contributed by atoms with van der Waals surface area (Å²) < 4.78 is 5.99. The predicted octanol–water partition coefficient (Wildman–Crippen LogP) is 5.25. The van der Waals surface area contributed by atoms with Crippen molar-refractivity contribution in [3.8, 4) is 17.6 Å². The van der Waals surface area contributed by atoms with Gasteiger partial charge < -0.3 is 14.7 Å². The van der Waals surface area contributed by atoms with Gasteiger partial charge in [0.2, 0.25) is 0 Å². The van der Waals surface area contributed by atoms with Crippen LogP contribution in [0, 0.1) is 11.3 Å². The number of carboxylic acids is 1. The second kappa shape index (κ2) is 6.70. The summed E-state index contributed by atoms with van der Waals surface area (Å²) in [5.41, 5.74) is 3.09. The molecule has 0 aliphatic carbocycles. The predicted molar refractivity (Wildman–Crippen MR) is 102 cm³/mol. The van der Waals surface area contributed by atoms with Crippen LogP contribution in [-0.2, 0) is 4.79 Å². The van der Waals surface area contributed by atoms with Gasteiger partial charge in [-0.1, -0.05) is 36.4 Å².